The molecule has 1 saturated heterocycles. The highest BCUT2D eigenvalue weighted by atomic mass is 32.1. The molecule has 0 spiro atoms. The van der Waals surface area contributed by atoms with Crippen LogP contribution in [0.2, 0.25) is 0 Å². The van der Waals surface area contributed by atoms with Crippen molar-refractivity contribution >= 4 is 28.2 Å². The summed E-state index contributed by atoms with van der Waals surface area (Å²) in [6.45, 7) is 9.70. The van der Waals surface area contributed by atoms with Gasteiger partial charge in [0.25, 0.3) is 0 Å². The molecule has 0 radical (unpaired) electrons. The number of nitrogens with zero attached hydrogens (tertiary/aromatic N) is 1. The first-order valence-corrected chi connectivity index (χ1v) is 9.05. The van der Waals surface area contributed by atoms with E-state index in [0.29, 0.717) is 10.6 Å². The second-order valence-corrected chi connectivity index (χ2v) is 7.41. The van der Waals surface area contributed by atoms with Crippen LogP contribution in [-0.2, 0) is 20.7 Å². The van der Waals surface area contributed by atoms with E-state index in [4.69, 9.17) is 9.47 Å². The van der Waals surface area contributed by atoms with E-state index in [2.05, 4.69) is 10.2 Å². The third kappa shape index (κ3) is 4.34. The van der Waals surface area contributed by atoms with Crippen LogP contribution in [0.25, 0.3) is 0 Å². The Labute approximate surface area is 147 Å². The predicted molar refractivity (Wildman–Crippen MR) is 94.9 cm³/mol. The number of nitrogens with one attached hydrogen (secondary N) is 1. The molecule has 2 rings (SSSR count). The summed E-state index contributed by atoms with van der Waals surface area (Å²) in [5, 5.41) is 3.47. The Morgan fingerprint density at radius 3 is 2.50 bits per heavy atom. The van der Waals surface area contributed by atoms with Crippen molar-refractivity contribution in [2.45, 2.75) is 46.3 Å². The van der Waals surface area contributed by atoms with E-state index in [-0.39, 0.29) is 24.7 Å². The fourth-order valence-corrected chi connectivity index (χ4v) is 4.34. The number of methoxy groups -OCH3 is 1. The van der Waals surface area contributed by atoms with E-state index in [9.17, 15) is 9.59 Å². The minimum absolute atomic E-state index is 0.114. The maximum absolute atomic E-state index is 12.4. The van der Waals surface area contributed by atoms with Gasteiger partial charge in [-0.2, -0.15) is 0 Å². The zero-order valence-corrected chi connectivity index (χ0v) is 15.8. The molecule has 0 aromatic carbocycles. The van der Waals surface area contributed by atoms with Crippen molar-refractivity contribution in [2.24, 2.45) is 0 Å². The number of esters is 1. The van der Waals surface area contributed by atoms with E-state index in [1.54, 1.807) is 0 Å². The van der Waals surface area contributed by atoms with Gasteiger partial charge in [-0.3, -0.25) is 9.69 Å². The van der Waals surface area contributed by atoms with Gasteiger partial charge in [-0.05, 0) is 32.8 Å². The molecule has 1 aliphatic heterocycles. The number of carbonyl (C=O) groups is 2. The smallest absolute Gasteiger partial charge is 0.341 e. The summed E-state index contributed by atoms with van der Waals surface area (Å²) >= 11 is 1.42. The number of thiophene rings is 1. The zero-order chi connectivity index (χ0) is 17.9. The van der Waals surface area contributed by atoms with E-state index < -0.39 is 5.97 Å². The topological polar surface area (TPSA) is 67.9 Å². The normalized spacial score (nSPS) is 21.5. The number of carbonyl (C=O) groups excluding carboxylic acids is 2. The van der Waals surface area contributed by atoms with E-state index >= 15 is 0 Å². The number of hydrogen-bond acceptors (Lipinski definition) is 6. The second kappa shape index (κ2) is 8.09. The number of ether oxygens (including phenoxy) is 2. The Morgan fingerprint density at radius 1 is 1.33 bits per heavy atom. The van der Waals surface area contributed by atoms with Crippen molar-refractivity contribution in [1.29, 1.82) is 0 Å². The standard InChI is InChI=1S/C17H26N2O4S/c1-6-13-12(4)24-16(15(13)17(21)22-5)18-14(20)9-19-7-10(2)23-11(3)8-19/h10-11H,6-9H2,1-5H3,(H,18,20)/t10-,11-/m0/s1. The van der Waals surface area contributed by atoms with Crippen LogP contribution in [0, 0.1) is 6.92 Å². The first kappa shape index (κ1) is 18.9. The lowest BCUT2D eigenvalue weighted by Crippen LogP contribution is -2.48. The van der Waals surface area contributed by atoms with Gasteiger partial charge < -0.3 is 14.8 Å². The lowest BCUT2D eigenvalue weighted by molar-refractivity contribution is -0.121. The lowest BCUT2D eigenvalue weighted by atomic mass is 10.1. The third-order valence-corrected chi connectivity index (χ3v) is 5.13. The molecule has 1 aromatic heterocycles. The Bertz CT molecular complexity index is 604. The molecule has 0 aliphatic carbocycles. The van der Waals surface area contributed by atoms with Crippen LogP contribution < -0.4 is 5.32 Å². The van der Waals surface area contributed by atoms with Crippen LogP contribution >= 0.6 is 11.3 Å². The van der Waals surface area contributed by atoms with Gasteiger partial charge in [-0.1, -0.05) is 6.92 Å². The fourth-order valence-electron chi connectivity index (χ4n) is 3.19. The Morgan fingerprint density at radius 2 is 1.96 bits per heavy atom. The van der Waals surface area contributed by atoms with Crippen LogP contribution in [0.15, 0.2) is 0 Å². The molecule has 0 saturated carbocycles. The Balaban J connectivity index is 2.10. The van der Waals surface area contributed by atoms with Crippen LogP contribution in [0.3, 0.4) is 0 Å². The Kier molecular flexibility index (Phi) is 6.37. The Hall–Kier alpha value is -1.44. The summed E-state index contributed by atoms with van der Waals surface area (Å²) in [6.07, 6.45) is 0.951. The van der Waals surface area contributed by atoms with Gasteiger partial charge in [0, 0.05) is 18.0 Å². The molecule has 2 heterocycles. The van der Waals surface area contributed by atoms with E-state index in [1.807, 2.05) is 27.7 Å². The van der Waals surface area contributed by atoms with Crippen LogP contribution in [0.4, 0.5) is 5.00 Å². The highest BCUT2D eigenvalue weighted by Crippen LogP contribution is 2.34. The summed E-state index contributed by atoms with van der Waals surface area (Å²) < 4.78 is 10.6. The number of amides is 1. The van der Waals surface area contributed by atoms with Crippen molar-refractivity contribution in [2.75, 3.05) is 32.1 Å². The molecule has 0 bridgehead atoms. The van der Waals surface area contributed by atoms with Gasteiger partial charge in [0.05, 0.1) is 31.4 Å². The van der Waals surface area contributed by atoms with E-state index in [1.165, 1.54) is 18.4 Å². The summed E-state index contributed by atoms with van der Waals surface area (Å²) in [7, 11) is 1.36. The number of aryl methyl sites for hydroxylation is 1. The number of morpholine rings is 1. The number of anilines is 1. The quantitative estimate of drug-likeness (QED) is 0.823. The molecule has 1 aliphatic rings. The highest BCUT2D eigenvalue weighted by molar-refractivity contribution is 7.16. The average Bonchev–Trinajstić information content (AvgIpc) is 2.80. The monoisotopic (exact) mass is 354 g/mol. The third-order valence-electron chi connectivity index (χ3n) is 4.07. The summed E-state index contributed by atoms with van der Waals surface area (Å²) in [4.78, 5) is 27.6. The van der Waals surface area contributed by atoms with Crippen LogP contribution in [-0.4, -0.2) is 55.7 Å². The number of hydrogen-bond donors (Lipinski definition) is 1. The van der Waals surface area contributed by atoms with Crippen molar-refractivity contribution in [3.8, 4) is 0 Å². The first-order valence-electron chi connectivity index (χ1n) is 8.23. The lowest BCUT2D eigenvalue weighted by Gasteiger charge is -2.34. The molecule has 1 amide bonds. The van der Waals surface area contributed by atoms with Gasteiger partial charge in [-0.25, -0.2) is 4.79 Å². The maximum Gasteiger partial charge on any atom is 0.341 e. The largest absolute Gasteiger partial charge is 0.465 e. The van der Waals surface area contributed by atoms with Crippen molar-refractivity contribution in [3.05, 3.63) is 16.0 Å². The van der Waals surface area contributed by atoms with Crippen molar-refractivity contribution in [1.82, 2.24) is 4.90 Å². The molecule has 7 heteroatoms. The second-order valence-electron chi connectivity index (χ2n) is 6.19. The molecule has 2 atom stereocenters. The van der Waals surface area contributed by atoms with Gasteiger partial charge in [-0.15, -0.1) is 11.3 Å². The van der Waals surface area contributed by atoms with Crippen molar-refractivity contribution in [3.63, 3.8) is 0 Å². The highest BCUT2D eigenvalue weighted by Gasteiger charge is 2.26. The molecule has 0 unspecified atom stereocenters. The van der Waals surface area contributed by atoms with Crippen LogP contribution in [0.1, 0.15) is 41.6 Å². The van der Waals surface area contributed by atoms with Crippen LogP contribution in [0.5, 0.6) is 0 Å². The average molecular weight is 354 g/mol. The van der Waals surface area contributed by atoms with Gasteiger partial charge in [0.2, 0.25) is 5.91 Å². The van der Waals surface area contributed by atoms with E-state index in [0.717, 1.165) is 30.0 Å². The zero-order valence-electron chi connectivity index (χ0n) is 15.0. The summed E-state index contributed by atoms with van der Waals surface area (Å²) in [6, 6.07) is 0. The molecular formula is C17H26N2O4S. The molecular weight excluding hydrogens is 328 g/mol. The molecule has 1 fully saturated rings. The fraction of sp³-hybridized carbons (Fsp3) is 0.647. The molecule has 1 aromatic rings. The SMILES string of the molecule is CCc1c(C)sc(NC(=O)CN2C[C@H](C)O[C@@H](C)C2)c1C(=O)OC. The van der Waals surface area contributed by atoms with Crippen molar-refractivity contribution < 1.29 is 19.1 Å². The molecule has 6 nitrogen and oxygen atoms in total. The number of rotatable bonds is 5. The first-order chi connectivity index (χ1) is 11.3. The predicted octanol–water partition coefficient (Wildman–Crippen LogP) is 2.45. The molecule has 1 N–H and O–H groups in total. The maximum atomic E-state index is 12.4. The van der Waals surface area contributed by atoms with Gasteiger partial charge >= 0.3 is 5.97 Å². The van der Waals surface area contributed by atoms with Gasteiger partial charge in [0.15, 0.2) is 0 Å². The molecule has 134 valence electrons. The van der Waals surface area contributed by atoms with Gasteiger partial charge in [0.1, 0.15) is 5.00 Å². The minimum Gasteiger partial charge on any atom is -0.465 e. The molecule has 24 heavy (non-hydrogen) atoms. The summed E-state index contributed by atoms with van der Waals surface area (Å²) in [5.41, 5.74) is 1.43. The summed E-state index contributed by atoms with van der Waals surface area (Å²) in [5.74, 6) is -0.523. The minimum atomic E-state index is -0.403.